The zero-order valence-electron chi connectivity index (χ0n) is 21.3. The first kappa shape index (κ1) is 24.3. The number of carbonyl (C=O) groups is 1. The molecule has 2 heterocycles. The van der Waals surface area contributed by atoms with E-state index in [2.05, 4.69) is 12.1 Å². The number of carbonyl (C=O) groups excluding carboxylic acids is 1. The van der Waals surface area contributed by atoms with Crippen LogP contribution < -0.4 is 14.4 Å². The number of benzene rings is 3. The Morgan fingerprint density at radius 1 is 0.946 bits per heavy atom. The highest BCUT2D eigenvalue weighted by molar-refractivity contribution is 5.97. The molecule has 0 saturated heterocycles. The number of para-hydroxylation sites is 2. The molecule has 0 unspecified atom stereocenters. The van der Waals surface area contributed by atoms with Gasteiger partial charge in [0.2, 0.25) is 11.8 Å². The van der Waals surface area contributed by atoms with Crippen LogP contribution in [0.15, 0.2) is 78.9 Å². The lowest BCUT2D eigenvalue weighted by atomic mass is 10.0. The van der Waals surface area contributed by atoms with Gasteiger partial charge in [-0.15, -0.1) is 0 Å². The maximum Gasteiger partial charge on any atom is 0.257 e. The standard InChI is InChI=1S/C30H30N4O3/c1-21-11-7-9-15-26(21)37-28-24-20-34(29(35)23-14-8-10-16-27(23)36-3)18-17-25(24)31-30(32-28)33(2)19-22-12-5-4-6-13-22/h4-16H,17-20H2,1-3H3. The molecule has 0 spiro atoms. The van der Waals surface area contributed by atoms with Crippen molar-refractivity contribution in [3.05, 3.63) is 107 Å². The van der Waals surface area contributed by atoms with Crippen LogP contribution in [0.4, 0.5) is 5.95 Å². The second-order valence-electron chi connectivity index (χ2n) is 9.14. The van der Waals surface area contributed by atoms with Gasteiger partial charge < -0.3 is 19.3 Å². The molecule has 0 N–H and O–H groups in total. The van der Waals surface area contributed by atoms with Crippen LogP contribution >= 0.6 is 0 Å². The number of nitrogens with zero attached hydrogens (tertiary/aromatic N) is 4. The Morgan fingerprint density at radius 2 is 1.65 bits per heavy atom. The minimum Gasteiger partial charge on any atom is -0.496 e. The van der Waals surface area contributed by atoms with Crippen LogP contribution in [0.3, 0.4) is 0 Å². The number of amides is 1. The Kier molecular flexibility index (Phi) is 7.03. The Balaban J connectivity index is 1.49. The lowest BCUT2D eigenvalue weighted by Gasteiger charge is -2.30. The molecule has 1 aromatic heterocycles. The van der Waals surface area contributed by atoms with Crippen molar-refractivity contribution in [2.45, 2.75) is 26.4 Å². The number of methoxy groups -OCH3 is 1. The molecular formula is C30H30N4O3. The van der Waals surface area contributed by atoms with Crippen LogP contribution in [-0.2, 0) is 19.5 Å². The summed E-state index contributed by atoms with van der Waals surface area (Å²) in [5.41, 5.74) is 4.44. The van der Waals surface area contributed by atoms with Crippen molar-refractivity contribution in [1.82, 2.24) is 14.9 Å². The minimum atomic E-state index is -0.0878. The van der Waals surface area contributed by atoms with Crippen LogP contribution in [0.1, 0.15) is 32.7 Å². The van der Waals surface area contributed by atoms with Gasteiger partial charge in [-0.2, -0.15) is 4.98 Å². The van der Waals surface area contributed by atoms with E-state index in [4.69, 9.17) is 19.4 Å². The maximum absolute atomic E-state index is 13.4. The number of aromatic nitrogens is 2. The Labute approximate surface area is 217 Å². The van der Waals surface area contributed by atoms with E-state index in [9.17, 15) is 4.79 Å². The van der Waals surface area contributed by atoms with Crippen LogP contribution in [0.2, 0.25) is 0 Å². The second-order valence-corrected chi connectivity index (χ2v) is 9.14. The van der Waals surface area contributed by atoms with Crippen LogP contribution in [-0.4, -0.2) is 41.5 Å². The van der Waals surface area contributed by atoms with E-state index in [1.807, 2.05) is 78.4 Å². The number of fused-ring (bicyclic) bond motifs is 1. The summed E-state index contributed by atoms with van der Waals surface area (Å²) in [4.78, 5) is 27.0. The van der Waals surface area contributed by atoms with E-state index in [1.165, 1.54) is 5.56 Å². The molecule has 3 aromatic carbocycles. The average molecular weight is 495 g/mol. The number of rotatable bonds is 7. The summed E-state index contributed by atoms with van der Waals surface area (Å²) >= 11 is 0. The molecule has 37 heavy (non-hydrogen) atoms. The Hall–Kier alpha value is -4.39. The minimum absolute atomic E-state index is 0.0878. The van der Waals surface area contributed by atoms with Gasteiger partial charge in [0.15, 0.2) is 0 Å². The van der Waals surface area contributed by atoms with Gasteiger partial charge >= 0.3 is 0 Å². The average Bonchev–Trinajstić information content (AvgIpc) is 2.94. The first-order chi connectivity index (χ1) is 18.0. The molecule has 0 radical (unpaired) electrons. The number of anilines is 1. The van der Waals surface area contributed by atoms with Gasteiger partial charge in [0.05, 0.1) is 30.5 Å². The summed E-state index contributed by atoms with van der Waals surface area (Å²) in [6.45, 7) is 3.58. The zero-order valence-corrected chi connectivity index (χ0v) is 21.3. The van der Waals surface area contributed by atoms with E-state index in [0.29, 0.717) is 49.2 Å². The normalized spacial score (nSPS) is 12.6. The van der Waals surface area contributed by atoms with Crippen molar-refractivity contribution in [2.24, 2.45) is 0 Å². The SMILES string of the molecule is COc1ccccc1C(=O)N1CCc2nc(N(C)Cc3ccccc3)nc(Oc3ccccc3C)c2C1. The van der Waals surface area contributed by atoms with Crippen molar-refractivity contribution < 1.29 is 14.3 Å². The molecule has 4 aromatic rings. The Bertz CT molecular complexity index is 1410. The molecule has 1 aliphatic heterocycles. The van der Waals surface area contributed by atoms with E-state index < -0.39 is 0 Å². The van der Waals surface area contributed by atoms with Gasteiger partial charge in [0.25, 0.3) is 5.91 Å². The Morgan fingerprint density at radius 3 is 2.41 bits per heavy atom. The van der Waals surface area contributed by atoms with E-state index >= 15 is 0 Å². The van der Waals surface area contributed by atoms with Crippen LogP contribution in [0.5, 0.6) is 17.4 Å². The molecule has 0 fully saturated rings. The van der Waals surface area contributed by atoms with Crippen LogP contribution in [0, 0.1) is 6.92 Å². The van der Waals surface area contributed by atoms with E-state index in [-0.39, 0.29) is 5.91 Å². The molecule has 7 nitrogen and oxygen atoms in total. The van der Waals surface area contributed by atoms with E-state index in [0.717, 1.165) is 22.6 Å². The third-order valence-electron chi connectivity index (χ3n) is 6.54. The maximum atomic E-state index is 13.4. The molecule has 0 atom stereocenters. The first-order valence-corrected chi connectivity index (χ1v) is 12.3. The highest BCUT2D eigenvalue weighted by Crippen LogP contribution is 2.33. The lowest BCUT2D eigenvalue weighted by molar-refractivity contribution is 0.0728. The number of aryl methyl sites for hydroxylation is 1. The fraction of sp³-hybridized carbons (Fsp3) is 0.233. The largest absolute Gasteiger partial charge is 0.496 e. The second kappa shape index (κ2) is 10.7. The molecule has 1 amide bonds. The monoisotopic (exact) mass is 494 g/mol. The summed E-state index contributed by atoms with van der Waals surface area (Å²) in [5.74, 6) is 2.27. The summed E-state index contributed by atoms with van der Waals surface area (Å²) in [7, 11) is 3.56. The predicted octanol–water partition coefficient (Wildman–Crippen LogP) is 5.42. The van der Waals surface area contributed by atoms with Crippen molar-refractivity contribution in [2.75, 3.05) is 25.6 Å². The summed E-state index contributed by atoms with van der Waals surface area (Å²) in [5, 5.41) is 0. The van der Waals surface area contributed by atoms with Crippen molar-refractivity contribution in [3.8, 4) is 17.4 Å². The zero-order chi connectivity index (χ0) is 25.8. The molecular weight excluding hydrogens is 464 g/mol. The molecule has 5 rings (SSSR count). The van der Waals surface area contributed by atoms with Gasteiger partial charge in [0, 0.05) is 26.6 Å². The topological polar surface area (TPSA) is 67.8 Å². The summed E-state index contributed by atoms with van der Waals surface area (Å²) in [6.07, 6.45) is 0.606. The third-order valence-corrected chi connectivity index (χ3v) is 6.54. The highest BCUT2D eigenvalue weighted by Gasteiger charge is 2.29. The van der Waals surface area contributed by atoms with Gasteiger partial charge in [-0.25, -0.2) is 4.98 Å². The van der Waals surface area contributed by atoms with Crippen molar-refractivity contribution >= 4 is 11.9 Å². The molecule has 0 aliphatic carbocycles. The van der Waals surface area contributed by atoms with Gasteiger partial charge in [-0.3, -0.25) is 4.79 Å². The van der Waals surface area contributed by atoms with E-state index in [1.54, 1.807) is 19.2 Å². The van der Waals surface area contributed by atoms with Crippen molar-refractivity contribution in [3.63, 3.8) is 0 Å². The van der Waals surface area contributed by atoms with Gasteiger partial charge in [-0.05, 0) is 36.2 Å². The molecule has 1 aliphatic rings. The smallest absolute Gasteiger partial charge is 0.257 e. The fourth-order valence-corrected chi connectivity index (χ4v) is 4.49. The fourth-order valence-electron chi connectivity index (χ4n) is 4.49. The molecule has 0 bridgehead atoms. The lowest BCUT2D eigenvalue weighted by Crippen LogP contribution is -2.37. The number of hydrogen-bond donors (Lipinski definition) is 0. The van der Waals surface area contributed by atoms with Crippen LogP contribution in [0.25, 0.3) is 0 Å². The van der Waals surface area contributed by atoms with Gasteiger partial charge in [0.1, 0.15) is 11.5 Å². The van der Waals surface area contributed by atoms with Gasteiger partial charge in [-0.1, -0.05) is 60.7 Å². The first-order valence-electron chi connectivity index (χ1n) is 12.3. The number of ether oxygens (including phenoxy) is 2. The molecule has 0 saturated carbocycles. The van der Waals surface area contributed by atoms with Crippen molar-refractivity contribution in [1.29, 1.82) is 0 Å². The number of hydrogen-bond acceptors (Lipinski definition) is 6. The summed E-state index contributed by atoms with van der Waals surface area (Å²) < 4.78 is 11.8. The summed E-state index contributed by atoms with van der Waals surface area (Å²) in [6, 6.07) is 25.4. The highest BCUT2D eigenvalue weighted by atomic mass is 16.5. The predicted molar refractivity (Wildman–Crippen MR) is 143 cm³/mol. The quantitative estimate of drug-likeness (QED) is 0.342. The molecule has 188 valence electrons. The third kappa shape index (κ3) is 5.26. The molecule has 7 heteroatoms.